The molecule has 6 heteroatoms. The van der Waals surface area contributed by atoms with Crippen LogP contribution in [0.4, 0.5) is 16.2 Å². The van der Waals surface area contributed by atoms with Gasteiger partial charge in [0.1, 0.15) is 0 Å². The Morgan fingerprint density at radius 2 is 1.58 bits per heavy atom. The van der Waals surface area contributed by atoms with E-state index in [1.807, 2.05) is 12.1 Å². The number of carbonyl (C=O) groups is 2. The molecule has 130 valence electrons. The molecule has 1 heterocycles. The molecule has 3 rings (SSSR count). The summed E-state index contributed by atoms with van der Waals surface area (Å²) in [5, 5.41) is 11.9. The van der Waals surface area contributed by atoms with Gasteiger partial charge >= 0.3 is 6.03 Å². The van der Waals surface area contributed by atoms with Gasteiger partial charge in [-0.15, -0.1) is 0 Å². The second-order valence-electron chi connectivity index (χ2n) is 6.73. The van der Waals surface area contributed by atoms with Crippen molar-refractivity contribution in [1.29, 1.82) is 0 Å². The zero-order chi connectivity index (χ0) is 16.8. The van der Waals surface area contributed by atoms with Crippen molar-refractivity contribution >= 4 is 23.3 Å². The Morgan fingerprint density at radius 3 is 2.21 bits per heavy atom. The number of nitrogens with one attached hydrogen (secondary N) is 4. The third kappa shape index (κ3) is 5.53. The number of hydrogen-bond donors (Lipinski definition) is 4. The van der Waals surface area contributed by atoms with Crippen LogP contribution in [0.15, 0.2) is 24.3 Å². The summed E-state index contributed by atoms with van der Waals surface area (Å²) in [5.41, 5.74) is 1.49. The van der Waals surface area contributed by atoms with Gasteiger partial charge in [-0.1, -0.05) is 0 Å². The van der Waals surface area contributed by atoms with Crippen molar-refractivity contribution in [3.8, 4) is 0 Å². The highest BCUT2D eigenvalue weighted by molar-refractivity contribution is 5.92. The quantitative estimate of drug-likeness (QED) is 0.647. The number of amides is 3. The molecule has 3 amide bonds. The molecule has 1 aliphatic heterocycles. The van der Waals surface area contributed by atoms with Gasteiger partial charge < -0.3 is 21.3 Å². The second kappa shape index (κ2) is 8.15. The molecule has 4 N–H and O–H groups in total. The number of anilines is 2. The molecule has 1 aliphatic carbocycles. The standard InChI is InChI=1S/C18H26N4O2/c23-17(8-1-13-9-11-19-12-10-13)20-14-2-4-15(5-3-14)21-18(24)22-16-6-7-16/h2-5,13,16,19H,1,6-12H2,(H,20,23)(H2,21,22,24). The van der Waals surface area contributed by atoms with Gasteiger partial charge in [-0.05, 0) is 75.4 Å². The number of hydrogen-bond acceptors (Lipinski definition) is 3. The van der Waals surface area contributed by atoms with E-state index in [4.69, 9.17) is 0 Å². The summed E-state index contributed by atoms with van der Waals surface area (Å²) in [6.07, 6.45) is 5.97. The first-order valence-electron chi connectivity index (χ1n) is 8.87. The van der Waals surface area contributed by atoms with E-state index in [9.17, 15) is 9.59 Å². The van der Waals surface area contributed by atoms with Crippen LogP contribution in [0.25, 0.3) is 0 Å². The topological polar surface area (TPSA) is 82.3 Å². The van der Waals surface area contributed by atoms with Crippen molar-refractivity contribution in [2.75, 3.05) is 23.7 Å². The largest absolute Gasteiger partial charge is 0.335 e. The normalized spacial score (nSPS) is 18.0. The monoisotopic (exact) mass is 330 g/mol. The second-order valence-corrected chi connectivity index (χ2v) is 6.73. The number of carbonyl (C=O) groups excluding carboxylic acids is 2. The first kappa shape index (κ1) is 16.8. The molecule has 1 saturated carbocycles. The van der Waals surface area contributed by atoms with Gasteiger partial charge in [0.2, 0.25) is 5.91 Å². The van der Waals surface area contributed by atoms with Crippen molar-refractivity contribution in [2.24, 2.45) is 5.92 Å². The predicted molar refractivity (Wildman–Crippen MR) is 95.1 cm³/mol. The maximum atomic E-state index is 12.0. The summed E-state index contributed by atoms with van der Waals surface area (Å²) in [5.74, 6) is 0.717. The Morgan fingerprint density at radius 1 is 0.958 bits per heavy atom. The summed E-state index contributed by atoms with van der Waals surface area (Å²) in [4.78, 5) is 23.7. The van der Waals surface area contributed by atoms with E-state index in [1.165, 1.54) is 0 Å². The van der Waals surface area contributed by atoms with Gasteiger partial charge in [0.05, 0.1) is 0 Å². The van der Waals surface area contributed by atoms with Crippen LogP contribution in [-0.4, -0.2) is 31.1 Å². The van der Waals surface area contributed by atoms with Crippen molar-refractivity contribution in [3.05, 3.63) is 24.3 Å². The highest BCUT2D eigenvalue weighted by Crippen LogP contribution is 2.20. The SMILES string of the molecule is O=C(CCC1CCNCC1)Nc1ccc(NC(=O)NC2CC2)cc1. The fourth-order valence-electron chi connectivity index (χ4n) is 2.95. The maximum Gasteiger partial charge on any atom is 0.319 e. The predicted octanol–water partition coefficient (Wildman–Crippen LogP) is 2.69. The number of rotatable bonds is 6. The average molecular weight is 330 g/mol. The molecule has 1 saturated heterocycles. The van der Waals surface area contributed by atoms with Gasteiger partial charge in [0.15, 0.2) is 0 Å². The van der Waals surface area contributed by atoms with Crippen LogP contribution < -0.4 is 21.3 Å². The molecule has 1 aromatic rings. The molecular formula is C18H26N4O2. The van der Waals surface area contributed by atoms with Crippen LogP contribution in [0.5, 0.6) is 0 Å². The molecule has 0 unspecified atom stereocenters. The number of benzene rings is 1. The minimum absolute atomic E-state index is 0.0562. The van der Waals surface area contributed by atoms with Crippen LogP contribution in [0.1, 0.15) is 38.5 Å². The zero-order valence-corrected chi connectivity index (χ0v) is 13.9. The molecule has 2 aliphatic rings. The third-order valence-electron chi connectivity index (χ3n) is 4.58. The lowest BCUT2D eigenvalue weighted by molar-refractivity contribution is -0.116. The van der Waals surface area contributed by atoms with E-state index < -0.39 is 0 Å². The molecule has 2 fully saturated rings. The van der Waals surface area contributed by atoms with Crippen molar-refractivity contribution in [2.45, 2.75) is 44.6 Å². The Bertz CT molecular complexity index is 563. The molecule has 0 atom stereocenters. The lowest BCUT2D eigenvalue weighted by Gasteiger charge is -2.22. The van der Waals surface area contributed by atoms with Crippen LogP contribution in [0, 0.1) is 5.92 Å². The first-order valence-corrected chi connectivity index (χ1v) is 8.87. The maximum absolute atomic E-state index is 12.0. The summed E-state index contributed by atoms with van der Waals surface area (Å²) in [6, 6.07) is 7.40. The zero-order valence-electron chi connectivity index (χ0n) is 13.9. The number of urea groups is 1. The Hall–Kier alpha value is -2.08. The molecule has 0 spiro atoms. The van der Waals surface area contributed by atoms with Crippen molar-refractivity contribution < 1.29 is 9.59 Å². The van der Waals surface area contributed by atoms with Gasteiger partial charge in [0.25, 0.3) is 0 Å². The Labute approximate surface area is 142 Å². The van der Waals surface area contributed by atoms with Crippen LogP contribution in [-0.2, 0) is 4.79 Å². The molecule has 0 aromatic heterocycles. The minimum atomic E-state index is -0.170. The van der Waals surface area contributed by atoms with E-state index in [-0.39, 0.29) is 11.9 Å². The number of piperidine rings is 1. The Balaban J connectivity index is 1.39. The third-order valence-corrected chi connectivity index (χ3v) is 4.58. The minimum Gasteiger partial charge on any atom is -0.335 e. The van der Waals surface area contributed by atoms with E-state index >= 15 is 0 Å². The molecular weight excluding hydrogens is 304 g/mol. The van der Waals surface area contributed by atoms with Crippen LogP contribution in [0.3, 0.4) is 0 Å². The first-order chi connectivity index (χ1) is 11.7. The highest BCUT2D eigenvalue weighted by atomic mass is 16.2. The van der Waals surface area contributed by atoms with Crippen LogP contribution >= 0.6 is 0 Å². The molecule has 0 radical (unpaired) electrons. The highest BCUT2D eigenvalue weighted by Gasteiger charge is 2.23. The summed E-state index contributed by atoms with van der Waals surface area (Å²) < 4.78 is 0. The van der Waals surface area contributed by atoms with Gasteiger partial charge in [-0.25, -0.2) is 4.79 Å². The molecule has 1 aromatic carbocycles. The molecule has 24 heavy (non-hydrogen) atoms. The van der Waals surface area contributed by atoms with Crippen molar-refractivity contribution in [1.82, 2.24) is 10.6 Å². The van der Waals surface area contributed by atoms with Gasteiger partial charge in [-0.3, -0.25) is 4.79 Å². The lowest BCUT2D eigenvalue weighted by Crippen LogP contribution is -2.30. The van der Waals surface area contributed by atoms with Crippen molar-refractivity contribution in [3.63, 3.8) is 0 Å². The fourth-order valence-corrected chi connectivity index (χ4v) is 2.95. The van der Waals surface area contributed by atoms with Crippen LogP contribution in [0.2, 0.25) is 0 Å². The Kier molecular flexibility index (Phi) is 5.69. The van der Waals surface area contributed by atoms with E-state index in [0.717, 1.165) is 56.6 Å². The van der Waals surface area contributed by atoms with Gasteiger partial charge in [-0.2, -0.15) is 0 Å². The average Bonchev–Trinajstić information content (AvgIpc) is 3.39. The fraction of sp³-hybridized carbons (Fsp3) is 0.556. The summed E-state index contributed by atoms with van der Waals surface area (Å²) in [6.45, 7) is 2.13. The van der Waals surface area contributed by atoms with Gasteiger partial charge in [0, 0.05) is 23.8 Å². The summed E-state index contributed by atoms with van der Waals surface area (Å²) >= 11 is 0. The van der Waals surface area contributed by atoms with E-state index in [1.54, 1.807) is 12.1 Å². The van der Waals surface area contributed by atoms with E-state index in [2.05, 4.69) is 21.3 Å². The lowest BCUT2D eigenvalue weighted by atomic mass is 9.93. The van der Waals surface area contributed by atoms with E-state index in [0.29, 0.717) is 18.4 Å². The molecule has 6 nitrogen and oxygen atoms in total. The molecule has 0 bridgehead atoms. The summed E-state index contributed by atoms with van der Waals surface area (Å²) in [7, 11) is 0. The smallest absolute Gasteiger partial charge is 0.319 e.